The Morgan fingerprint density at radius 3 is 2.44 bits per heavy atom. The third kappa shape index (κ3) is 5.39. The zero-order valence-electron chi connectivity index (χ0n) is 12.4. The molecule has 0 spiro atoms. The van der Waals surface area contributed by atoms with Gasteiger partial charge in [-0.05, 0) is 51.4 Å². The highest BCUT2D eigenvalue weighted by Crippen LogP contribution is 2.33. The van der Waals surface area contributed by atoms with Gasteiger partial charge >= 0.3 is 0 Å². The molecule has 0 aromatic rings. The fourth-order valence-electron chi connectivity index (χ4n) is 2.98. The Morgan fingerprint density at radius 1 is 1.17 bits per heavy atom. The van der Waals surface area contributed by atoms with Crippen LogP contribution >= 0.6 is 0 Å². The van der Waals surface area contributed by atoms with E-state index in [0.717, 1.165) is 24.7 Å². The average molecular weight is 250 g/mol. The zero-order chi connectivity index (χ0) is 13.4. The van der Waals surface area contributed by atoms with Crippen molar-refractivity contribution in [2.24, 2.45) is 11.8 Å². The van der Waals surface area contributed by atoms with Gasteiger partial charge in [-0.1, -0.05) is 49.5 Å². The molecular weight excluding hydrogens is 220 g/mol. The maximum absolute atomic E-state index is 8.81. The molecule has 0 aromatic heterocycles. The van der Waals surface area contributed by atoms with E-state index in [1.165, 1.54) is 37.7 Å². The molecule has 0 radical (unpaired) electrons. The molecule has 1 heteroatoms. The molecule has 1 saturated carbocycles. The lowest BCUT2D eigenvalue weighted by atomic mass is 9.78. The Labute approximate surface area is 113 Å². The minimum Gasteiger partial charge on any atom is -0.392 e. The fraction of sp³-hybridized carbons (Fsp3) is 0.765. The van der Waals surface area contributed by atoms with Gasteiger partial charge in [-0.25, -0.2) is 0 Å². The van der Waals surface area contributed by atoms with Gasteiger partial charge in [0.1, 0.15) is 0 Å². The molecule has 0 aliphatic heterocycles. The summed E-state index contributed by atoms with van der Waals surface area (Å²) in [6.07, 6.45) is 13.7. The summed E-state index contributed by atoms with van der Waals surface area (Å²) in [4.78, 5) is 0. The van der Waals surface area contributed by atoms with E-state index in [9.17, 15) is 0 Å². The summed E-state index contributed by atoms with van der Waals surface area (Å²) in [6, 6.07) is 0. The Hall–Kier alpha value is -0.560. The van der Waals surface area contributed by atoms with Crippen LogP contribution in [0.5, 0.6) is 0 Å². The Kier molecular flexibility index (Phi) is 7.34. The molecule has 0 heterocycles. The first-order chi connectivity index (χ1) is 8.65. The van der Waals surface area contributed by atoms with Crippen molar-refractivity contribution in [2.75, 3.05) is 6.61 Å². The van der Waals surface area contributed by atoms with Gasteiger partial charge < -0.3 is 5.11 Å². The number of aliphatic hydroxyl groups is 1. The van der Waals surface area contributed by atoms with Crippen LogP contribution in [0.1, 0.15) is 65.7 Å². The second kappa shape index (κ2) is 8.53. The van der Waals surface area contributed by atoms with E-state index in [1.54, 1.807) is 5.57 Å². The third-order valence-electron chi connectivity index (χ3n) is 4.52. The van der Waals surface area contributed by atoms with E-state index in [-0.39, 0.29) is 6.61 Å². The molecule has 1 rings (SSSR count). The quantitative estimate of drug-likeness (QED) is 0.667. The molecule has 0 amide bonds. The molecule has 0 aromatic carbocycles. The van der Waals surface area contributed by atoms with E-state index in [0.29, 0.717) is 0 Å². The predicted octanol–water partition coefficient (Wildman–Crippen LogP) is 4.87. The summed E-state index contributed by atoms with van der Waals surface area (Å²) in [6.45, 7) is 6.97. The Bertz CT molecular complexity index is 282. The molecule has 1 N–H and O–H groups in total. The molecule has 0 saturated heterocycles. The summed E-state index contributed by atoms with van der Waals surface area (Å²) in [5.74, 6) is 1.68. The van der Waals surface area contributed by atoms with Gasteiger partial charge in [-0.15, -0.1) is 0 Å². The first kappa shape index (κ1) is 15.5. The van der Waals surface area contributed by atoms with Crippen molar-refractivity contribution < 1.29 is 5.11 Å². The minimum atomic E-state index is 0.174. The summed E-state index contributed by atoms with van der Waals surface area (Å²) in [5.41, 5.74) is 2.87. The first-order valence-corrected chi connectivity index (χ1v) is 7.58. The van der Waals surface area contributed by atoms with Gasteiger partial charge in [0.2, 0.25) is 0 Å². The molecule has 1 aliphatic rings. The Balaban J connectivity index is 2.37. The number of rotatable bonds is 6. The zero-order valence-corrected chi connectivity index (χ0v) is 12.4. The number of aliphatic hydroxyl groups excluding tert-OH is 1. The van der Waals surface area contributed by atoms with Crippen LogP contribution in [0.2, 0.25) is 0 Å². The largest absolute Gasteiger partial charge is 0.392 e. The standard InChI is InChI=1S/C17H30O/c1-14(12-13-18)8-7-9-15(2)16(3)17-10-5-4-6-11-17/h9,12,16-18H,4-8,10-11,13H2,1-3H3/b14-12+,15-9?. The van der Waals surface area contributed by atoms with Crippen LogP contribution in [0.4, 0.5) is 0 Å². The van der Waals surface area contributed by atoms with Crippen LogP contribution in [0.25, 0.3) is 0 Å². The van der Waals surface area contributed by atoms with Gasteiger partial charge in [0, 0.05) is 0 Å². The molecular formula is C17H30O. The van der Waals surface area contributed by atoms with Crippen molar-refractivity contribution in [3.63, 3.8) is 0 Å². The van der Waals surface area contributed by atoms with Gasteiger partial charge in [0.15, 0.2) is 0 Å². The lowest BCUT2D eigenvalue weighted by molar-refractivity contribution is 0.290. The monoisotopic (exact) mass is 250 g/mol. The molecule has 104 valence electrons. The molecule has 1 nitrogen and oxygen atoms in total. The van der Waals surface area contributed by atoms with Crippen LogP contribution in [-0.2, 0) is 0 Å². The van der Waals surface area contributed by atoms with Gasteiger partial charge in [-0.2, -0.15) is 0 Å². The van der Waals surface area contributed by atoms with E-state index in [2.05, 4.69) is 26.8 Å². The summed E-state index contributed by atoms with van der Waals surface area (Å²) in [5, 5.41) is 8.81. The van der Waals surface area contributed by atoms with Crippen molar-refractivity contribution in [1.82, 2.24) is 0 Å². The number of hydrogen-bond acceptors (Lipinski definition) is 1. The number of allylic oxidation sites excluding steroid dienone is 3. The van der Waals surface area contributed by atoms with Crippen molar-refractivity contribution >= 4 is 0 Å². The minimum absolute atomic E-state index is 0.174. The highest BCUT2D eigenvalue weighted by molar-refractivity contribution is 5.07. The summed E-state index contributed by atoms with van der Waals surface area (Å²) in [7, 11) is 0. The van der Waals surface area contributed by atoms with Gasteiger partial charge in [0.25, 0.3) is 0 Å². The van der Waals surface area contributed by atoms with E-state index in [1.807, 2.05) is 6.08 Å². The predicted molar refractivity (Wildman–Crippen MR) is 79.6 cm³/mol. The number of hydrogen-bond donors (Lipinski definition) is 1. The third-order valence-corrected chi connectivity index (χ3v) is 4.52. The molecule has 1 aliphatic carbocycles. The molecule has 1 fully saturated rings. The maximum atomic E-state index is 8.81. The van der Waals surface area contributed by atoms with Gasteiger partial charge in [0.05, 0.1) is 6.61 Å². The second-order valence-corrected chi connectivity index (χ2v) is 5.91. The van der Waals surface area contributed by atoms with Crippen LogP contribution in [0.15, 0.2) is 23.3 Å². The van der Waals surface area contributed by atoms with Crippen LogP contribution < -0.4 is 0 Å². The highest BCUT2D eigenvalue weighted by atomic mass is 16.2. The smallest absolute Gasteiger partial charge is 0.0614 e. The first-order valence-electron chi connectivity index (χ1n) is 7.58. The normalized spacial score (nSPS) is 21.1. The van der Waals surface area contributed by atoms with E-state index < -0.39 is 0 Å². The fourth-order valence-corrected chi connectivity index (χ4v) is 2.98. The van der Waals surface area contributed by atoms with E-state index in [4.69, 9.17) is 5.11 Å². The van der Waals surface area contributed by atoms with Crippen LogP contribution in [0, 0.1) is 11.8 Å². The lowest BCUT2D eigenvalue weighted by Gasteiger charge is -2.28. The molecule has 1 atom stereocenters. The van der Waals surface area contributed by atoms with Crippen molar-refractivity contribution in [2.45, 2.75) is 65.7 Å². The van der Waals surface area contributed by atoms with Crippen molar-refractivity contribution in [3.8, 4) is 0 Å². The topological polar surface area (TPSA) is 20.2 Å². The van der Waals surface area contributed by atoms with Crippen molar-refractivity contribution in [1.29, 1.82) is 0 Å². The summed E-state index contributed by atoms with van der Waals surface area (Å²) >= 11 is 0. The van der Waals surface area contributed by atoms with Crippen LogP contribution in [-0.4, -0.2) is 11.7 Å². The SMILES string of the molecule is CC(=CCC/C(C)=C/CO)C(C)C1CCCCC1. The van der Waals surface area contributed by atoms with E-state index >= 15 is 0 Å². The summed E-state index contributed by atoms with van der Waals surface area (Å²) < 4.78 is 0. The average Bonchev–Trinajstić information content (AvgIpc) is 2.39. The van der Waals surface area contributed by atoms with Gasteiger partial charge in [-0.3, -0.25) is 0 Å². The lowest BCUT2D eigenvalue weighted by Crippen LogP contribution is -2.16. The maximum Gasteiger partial charge on any atom is 0.0614 e. The Morgan fingerprint density at radius 2 is 1.83 bits per heavy atom. The molecule has 18 heavy (non-hydrogen) atoms. The second-order valence-electron chi connectivity index (χ2n) is 5.91. The van der Waals surface area contributed by atoms with Crippen LogP contribution in [0.3, 0.4) is 0 Å². The highest BCUT2D eigenvalue weighted by Gasteiger charge is 2.20. The molecule has 1 unspecified atom stereocenters. The van der Waals surface area contributed by atoms with Crippen molar-refractivity contribution in [3.05, 3.63) is 23.3 Å². The molecule has 0 bridgehead atoms.